The van der Waals surface area contributed by atoms with Gasteiger partial charge in [0.25, 0.3) is 0 Å². The molecule has 1 aliphatic rings. The lowest BCUT2D eigenvalue weighted by Crippen LogP contribution is -2.30. The van der Waals surface area contributed by atoms with E-state index in [1.54, 1.807) is 18.2 Å². The molecule has 1 N–H and O–H groups in total. The lowest BCUT2D eigenvalue weighted by atomic mass is 10.2. The molecule has 0 saturated carbocycles. The van der Waals surface area contributed by atoms with Gasteiger partial charge in [0.2, 0.25) is 5.91 Å². The van der Waals surface area contributed by atoms with Crippen molar-refractivity contribution in [3.05, 3.63) is 41.7 Å². The van der Waals surface area contributed by atoms with Crippen molar-refractivity contribution in [3.63, 3.8) is 0 Å². The van der Waals surface area contributed by atoms with Crippen LogP contribution in [0.5, 0.6) is 0 Å². The maximum absolute atomic E-state index is 12.7. The molecular formula is C14H16FNO2. The van der Waals surface area contributed by atoms with E-state index in [4.69, 9.17) is 4.74 Å². The van der Waals surface area contributed by atoms with E-state index in [2.05, 4.69) is 5.32 Å². The van der Waals surface area contributed by atoms with Crippen molar-refractivity contribution >= 4 is 12.0 Å². The van der Waals surface area contributed by atoms with Gasteiger partial charge in [0.05, 0.1) is 6.10 Å². The van der Waals surface area contributed by atoms with Gasteiger partial charge >= 0.3 is 0 Å². The SMILES string of the molecule is O=C(/C=C/c1ccc(F)cc1)NC[C@@H]1CCCO1. The summed E-state index contributed by atoms with van der Waals surface area (Å²) in [6.07, 6.45) is 5.31. The van der Waals surface area contributed by atoms with Gasteiger partial charge in [-0.3, -0.25) is 4.79 Å². The van der Waals surface area contributed by atoms with Crippen molar-refractivity contribution in [1.82, 2.24) is 5.32 Å². The second kappa shape index (κ2) is 6.31. The molecular weight excluding hydrogens is 233 g/mol. The van der Waals surface area contributed by atoms with E-state index in [1.165, 1.54) is 18.2 Å². The topological polar surface area (TPSA) is 38.3 Å². The predicted octanol–water partition coefficient (Wildman–Crippen LogP) is 2.13. The molecule has 3 nitrogen and oxygen atoms in total. The third-order valence-electron chi connectivity index (χ3n) is 2.83. The van der Waals surface area contributed by atoms with Gasteiger partial charge in [0.1, 0.15) is 5.82 Å². The molecule has 0 radical (unpaired) electrons. The second-order valence-corrected chi connectivity index (χ2v) is 4.27. The van der Waals surface area contributed by atoms with Crippen molar-refractivity contribution < 1.29 is 13.9 Å². The van der Waals surface area contributed by atoms with Gasteiger partial charge in [-0.2, -0.15) is 0 Å². The van der Waals surface area contributed by atoms with Gasteiger partial charge in [-0.1, -0.05) is 12.1 Å². The summed E-state index contributed by atoms with van der Waals surface area (Å²) in [6, 6.07) is 5.98. The molecule has 2 rings (SSSR count). The fraction of sp³-hybridized carbons (Fsp3) is 0.357. The number of hydrogen-bond donors (Lipinski definition) is 1. The summed E-state index contributed by atoms with van der Waals surface area (Å²) >= 11 is 0. The van der Waals surface area contributed by atoms with Crippen molar-refractivity contribution in [3.8, 4) is 0 Å². The highest BCUT2D eigenvalue weighted by molar-refractivity contribution is 5.91. The largest absolute Gasteiger partial charge is 0.376 e. The average Bonchev–Trinajstić information content (AvgIpc) is 2.89. The third kappa shape index (κ3) is 3.96. The molecule has 0 bridgehead atoms. The Morgan fingerprint density at radius 2 is 2.22 bits per heavy atom. The van der Waals surface area contributed by atoms with Crippen LogP contribution in [0.25, 0.3) is 6.08 Å². The molecule has 1 atom stereocenters. The van der Waals surface area contributed by atoms with Crippen molar-refractivity contribution in [2.45, 2.75) is 18.9 Å². The molecule has 4 heteroatoms. The van der Waals surface area contributed by atoms with Crippen molar-refractivity contribution in [2.75, 3.05) is 13.2 Å². The number of amides is 1. The molecule has 18 heavy (non-hydrogen) atoms. The zero-order chi connectivity index (χ0) is 12.8. The van der Waals surface area contributed by atoms with Gasteiger partial charge in [-0.05, 0) is 36.6 Å². The first-order valence-corrected chi connectivity index (χ1v) is 6.07. The van der Waals surface area contributed by atoms with Gasteiger partial charge < -0.3 is 10.1 Å². The van der Waals surface area contributed by atoms with E-state index in [1.807, 2.05) is 0 Å². The minimum Gasteiger partial charge on any atom is -0.376 e. The molecule has 1 aliphatic heterocycles. The second-order valence-electron chi connectivity index (χ2n) is 4.27. The highest BCUT2D eigenvalue weighted by atomic mass is 19.1. The van der Waals surface area contributed by atoms with Gasteiger partial charge in [-0.15, -0.1) is 0 Å². The lowest BCUT2D eigenvalue weighted by molar-refractivity contribution is -0.116. The molecule has 1 aromatic carbocycles. The number of ether oxygens (including phenoxy) is 1. The fourth-order valence-corrected chi connectivity index (χ4v) is 1.82. The standard InChI is InChI=1S/C14H16FNO2/c15-12-6-3-11(4-7-12)5-8-14(17)16-10-13-2-1-9-18-13/h3-8,13H,1-2,9-10H2,(H,16,17)/b8-5+/t13-/m0/s1. The molecule has 0 aliphatic carbocycles. The fourth-order valence-electron chi connectivity index (χ4n) is 1.82. The first kappa shape index (κ1) is 12.8. The number of carbonyl (C=O) groups excluding carboxylic acids is 1. The highest BCUT2D eigenvalue weighted by Crippen LogP contribution is 2.10. The number of benzene rings is 1. The lowest BCUT2D eigenvalue weighted by Gasteiger charge is -2.08. The van der Waals surface area contributed by atoms with Gasteiger partial charge in [0.15, 0.2) is 0 Å². The van der Waals surface area contributed by atoms with Crippen LogP contribution in [-0.4, -0.2) is 25.2 Å². The number of halogens is 1. The summed E-state index contributed by atoms with van der Waals surface area (Å²) in [4.78, 5) is 11.5. The van der Waals surface area contributed by atoms with Crippen LogP contribution >= 0.6 is 0 Å². The third-order valence-corrected chi connectivity index (χ3v) is 2.83. The van der Waals surface area contributed by atoms with E-state index < -0.39 is 0 Å². The molecule has 1 fully saturated rings. The Morgan fingerprint density at radius 3 is 2.89 bits per heavy atom. The Bertz CT molecular complexity index is 422. The van der Waals surface area contributed by atoms with Crippen LogP contribution in [0.4, 0.5) is 4.39 Å². The van der Waals surface area contributed by atoms with Crippen LogP contribution in [0.15, 0.2) is 30.3 Å². The molecule has 0 aromatic heterocycles. The average molecular weight is 249 g/mol. The molecule has 96 valence electrons. The number of rotatable bonds is 4. The Morgan fingerprint density at radius 1 is 1.44 bits per heavy atom. The smallest absolute Gasteiger partial charge is 0.244 e. The normalized spacial score (nSPS) is 19.3. The molecule has 0 spiro atoms. The minimum absolute atomic E-state index is 0.146. The maximum Gasteiger partial charge on any atom is 0.244 e. The number of hydrogen-bond acceptors (Lipinski definition) is 2. The van der Waals surface area contributed by atoms with Crippen LogP contribution in [0.1, 0.15) is 18.4 Å². The molecule has 1 heterocycles. The summed E-state index contributed by atoms with van der Waals surface area (Å²) in [7, 11) is 0. The van der Waals surface area contributed by atoms with E-state index in [0.717, 1.165) is 25.0 Å². The van der Waals surface area contributed by atoms with Crippen molar-refractivity contribution in [2.24, 2.45) is 0 Å². The quantitative estimate of drug-likeness (QED) is 0.830. The van der Waals surface area contributed by atoms with Crippen LogP contribution in [0.2, 0.25) is 0 Å². The van der Waals surface area contributed by atoms with Crippen LogP contribution in [0, 0.1) is 5.82 Å². The Kier molecular flexibility index (Phi) is 4.47. The zero-order valence-corrected chi connectivity index (χ0v) is 10.1. The summed E-state index contributed by atoms with van der Waals surface area (Å²) in [5.41, 5.74) is 0.795. The molecule has 1 saturated heterocycles. The van der Waals surface area contributed by atoms with Crippen LogP contribution in [-0.2, 0) is 9.53 Å². The molecule has 1 aromatic rings. The summed E-state index contributed by atoms with van der Waals surface area (Å²) < 4.78 is 18.1. The minimum atomic E-state index is -0.282. The summed E-state index contributed by atoms with van der Waals surface area (Å²) in [6.45, 7) is 1.33. The zero-order valence-electron chi connectivity index (χ0n) is 10.1. The number of nitrogens with one attached hydrogen (secondary N) is 1. The van der Waals surface area contributed by atoms with E-state index in [0.29, 0.717) is 6.54 Å². The van der Waals surface area contributed by atoms with E-state index >= 15 is 0 Å². The van der Waals surface area contributed by atoms with Gasteiger partial charge in [-0.25, -0.2) is 4.39 Å². The number of carbonyl (C=O) groups is 1. The first-order chi connectivity index (χ1) is 8.74. The van der Waals surface area contributed by atoms with Gasteiger partial charge in [0, 0.05) is 19.2 Å². The monoisotopic (exact) mass is 249 g/mol. The van der Waals surface area contributed by atoms with Crippen LogP contribution < -0.4 is 5.32 Å². The summed E-state index contributed by atoms with van der Waals surface area (Å²) in [5, 5.41) is 2.78. The highest BCUT2D eigenvalue weighted by Gasteiger charge is 2.15. The molecule has 1 amide bonds. The molecule has 0 unspecified atom stereocenters. The Balaban J connectivity index is 1.77. The van der Waals surface area contributed by atoms with E-state index in [-0.39, 0.29) is 17.8 Å². The Labute approximate surface area is 106 Å². The first-order valence-electron chi connectivity index (χ1n) is 6.07. The maximum atomic E-state index is 12.7. The van der Waals surface area contributed by atoms with Crippen LogP contribution in [0.3, 0.4) is 0 Å². The summed E-state index contributed by atoms with van der Waals surface area (Å²) in [5.74, 6) is -0.440. The van der Waals surface area contributed by atoms with Crippen molar-refractivity contribution in [1.29, 1.82) is 0 Å². The Hall–Kier alpha value is -1.68. The predicted molar refractivity (Wildman–Crippen MR) is 67.4 cm³/mol. The van der Waals surface area contributed by atoms with E-state index in [9.17, 15) is 9.18 Å².